The SMILES string of the molecule is CCC(O)CNCc1occc1C. The van der Waals surface area contributed by atoms with Crippen LogP contribution in [0.4, 0.5) is 0 Å². The van der Waals surface area contributed by atoms with E-state index in [1.54, 1.807) is 6.26 Å². The van der Waals surface area contributed by atoms with E-state index in [2.05, 4.69) is 5.32 Å². The number of hydrogen-bond acceptors (Lipinski definition) is 3. The minimum Gasteiger partial charge on any atom is -0.468 e. The van der Waals surface area contributed by atoms with Gasteiger partial charge in [-0.3, -0.25) is 0 Å². The summed E-state index contributed by atoms with van der Waals surface area (Å²) < 4.78 is 5.24. The van der Waals surface area contributed by atoms with Gasteiger partial charge in [-0.2, -0.15) is 0 Å². The van der Waals surface area contributed by atoms with Gasteiger partial charge in [0.25, 0.3) is 0 Å². The third-order valence-corrected chi connectivity index (χ3v) is 2.10. The van der Waals surface area contributed by atoms with Gasteiger partial charge in [0.2, 0.25) is 0 Å². The number of aliphatic hydroxyl groups is 1. The largest absolute Gasteiger partial charge is 0.468 e. The molecule has 0 aliphatic heterocycles. The lowest BCUT2D eigenvalue weighted by Gasteiger charge is -2.08. The highest BCUT2D eigenvalue weighted by molar-refractivity contribution is 5.13. The van der Waals surface area contributed by atoms with Crippen molar-refractivity contribution in [2.24, 2.45) is 0 Å². The Hall–Kier alpha value is -0.800. The van der Waals surface area contributed by atoms with Gasteiger partial charge >= 0.3 is 0 Å². The quantitative estimate of drug-likeness (QED) is 0.726. The fraction of sp³-hybridized carbons (Fsp3) is 0.600. The summed E-state index contributed by atoms with van der Waals surface area (Å²) in [7, 11) is 0. The van der Waals surface area contributed by atoms with Gasteiger partial charge in [-0.1, -0.05) is 6.92 Å². The highest BCUT2D eigenvalue weighted by Gasteiger charge is 2.03. The Balaban J connectivity index is 2.24. The highest BCUT2D eigenvalue weighted by atomic mass is 16.3. The first-order chi connectivity index (χ1) is 6.24. The van der Waals surface area contributed by atoms with Gasteiger partial charge in [0, 0.05) is 6.54 Å². The lowest BCUT2D eigenvalue weighted by molar-refractivity contribution is 0.166. The van der Waals surface area contributed by atoms with Crippen molar-refractivity contribution in [1.82, 2.24) is 5.32 Å². The lowest BCUT2D eigenvalue weighted by atomic mass is 10.2. The highest BCUT2D eigenvalue weighted by Crippen LogP contribution is 2.07. The summed E-state index contributed by atoms with van der Waals surface area (Å²) in [5.41, 5.74) is 1.15. The van der Waals surface area contributed by atoms with Crippen LogP contribution in [0.2, 0.25) is 0 Å². The van der Waals surface area contributed by atoms with E-state index in [9.17, 15) is 5.11 Å². The maximum absolute atomic E-state index is 9.26. The van der Waals surface area contributed by atoms with Crippen LogP contribution in [-0.2, 0) is 6.54 Å². The van der Waals surface area contributed by atoms with Gasteiger partial charge in [0.15, 0.2) is 0 Å². The van der Waals surface area contributed by atoms with E-state index >= 15 is 0 Å². The summed E-state index contributed by atoms with van der Waals surface area (Å²) >= 11 is 0. The molecule has 1 rings (SSSR count). The van der Waals surface area contributed by atoms with Crippen LogP contribution in [0, 0.1) is 6.92 Å². The fourth-order valence-corrected chi connectivity index (χ4v) is 1.08. The van der Waals surface area contributed by atoms with E-state index in [1.165, 1.54) is 0 Å². The molecule has 0 aliphatic rings. The van der Waals surface area contributed by atoms with Crippen LogP contribution in [0.25, 0.3) is 0 Å². The molecule has 0 radical (unpaired) electrons. The van der Waals surface area contributed by atoms with Crippen molar-refractivity contribution in [2.45, 2.75) is 32.9 Å². The molecule has 1 aromatic rings. The molecule has 0 bridgehead atoms. The molecule has 13 heavy (non-hydrogen) atoms. The predicted molar refractivity (Wildman–Crippen MR) is 51.4 cm³/mol. The monoisotopic (exact) mass is 183 g/mol. The van der Waals surface area contributed by atoms with Crippen LogP contribution in [0.1, 0.15) is 24.7 Å². The van der Waals surface area contributed by atoms with Crippen LogP contribution in [0.5, 0.6) is 0 Å². The second-order valence-electron chi connectivity index (χ2n) is 3.22. The fourth-order valence-electron chi connectivity index (χ4n) is 1.08. The van der Waals surface area contributed by atoms with E-state index in [0.717, 1.165) is 17.7 Å². The van der Waals surface area contributed by atoms with E-state index in [-0.39, 0.29) is 6.10 Å². The molecule has 74 valence electrons. The first-order valence-electron chi connectivity index (χ1n) is 4.65. The first-order valence-corrected chi connectivity index (χ1v) is 4.65. The third kappa shape index (κ3) is 3.20. The molecule has 0 aliphatic carbocycles. The van der Waals surface area contributed by atoms with Crippen molar-refractivity contribution in [3.63, 3.8) is 0 Å². The van der Waals surface area contributed by atoms with Gasteiger partial charge in [-0.25, -0.2) is 0 Å². The Labute approximate surface area is 78.8 Å². The molecular formula is C10H17NO2. The van der Waals surface area contributed by atoms with Crippen molar-refractivity contribution in [1.29, 1.82) is 0 Å². The molecule has 3 nitrogen and oxygen atoms in total. The third-order valence-electron chi connectivity index (χ3n) is 2.10. The summed E-state index contributed by atoms with van der Waals surface area (Å²) in [5.74, 6) is 0.948. The topological polar surface area (TPSA) is 45.4 Å². The van der Waals surface area contributed by atoms with E-state index < -0.39 is 0 Å². The van der Waals surface area contributed by atoms with Crippen molar-refractivity contribution in [2.75, 3.05) is 6.54 Å². The second-order valence-corrected chi connectivity index (χ2v) is 3.22. The van der Waals surface area contributed by atoms with Crippen molar-refractivity contribution in [3.05, 3.63) is 23.7 Å². The Kier molecular flexibility index (Phi) is 3.99. The average Bonchev–Trinajstić information content (AvgIpc) is 2.52. The van der Waals surface area contributed by atoms with Crippen LogP contribution in [0.15, 0.2) is 16.7 Å². The van der Waals surface area contributed by atoms with Gasteiger partial charge in [0.05, 0.1) is 18.9 Å². The Morgan fingerprint density at radius 3 is 2.92 bits per heavy atom. The number of nitrogens with one attached hydrogen (secondary N) is 1. The Bertz CT molecular complexity index is 245. The predicted octanol–water partition coefficient (Wildman–Crippen LogP) is 1.45. The standard InChI is InChI=1S/C10H17NO2/c1-3-9(12)6-11-7-10-8(2)4-5-13-10/h4-5,9,11-12H,3,6-7H2,1-2H3. The van der Waals surface area contributed by atoms with E-state index in [1.807, 2.05) is 19.9 Å². The summed E-state index contributed by atoms with van der Waals surface area (Å²) in [5, 5.41) is 12.4. The van der Waals surface area contributed by atoms with Crippen LogP contribution < -0.4 is 5.32 Å². The maximum atomic E-state index is 9.26. The minimum atomic E-state index is -0.254. The van der Waals surface area contributed by atoms with Gasteiger partial charge in [-0.15, -0.1) is 0 Å². The number of aryl methyl sites for hydroxylation is 1. The molecule has 2 N–H and O–H groups in total. The molecule has 1 unspecified atom stereocenters. The normalized spacial score (nSPS) is 13.2. The maximum Gasteiger partial charge on any atom is 0.120 e. The van der Waals surface area contributed by atoms with Crippen molar-refractivity contribution >= 4 is 0 Å². The zero-order valence-corrected chi connectivity index (χ0v) is 8.21. The van der Waals surface area contributed by atoms with Gasteiger partial charge in [-0.05, 0) is 25.0 Å². The number of rotatable bonds is 5. The molecule has 3 heteroatoms. The van der Waals surface area contributed by atoms with Crippen LogP contribution in [0.3, 0.4) is 0 Å². The molecule has 0 fully saturated rings. The zero-order chi connectivity index (χ0) is 9.68. The average molecular weight is 183 g/mol. The van der Waals surface area contributed by atoms with Crippen molar-refractivity contribution < 1.29 is 9.52 Å². The van der Waals surface area contributed by atoms with E-state index in [0.29, 0.717) is 13.1 Å². The molecular weight excluding hydrogens is 166 g/mol. The Morgan fingerprint density at radius 1 is 1.62 bits per heavy atom. The first kappa shape index (κ1) is 10.3. The second kappa shape index (κ2) is 5.04. The summed E-state index contributed by atoms with van der Waals surface area (Å²) in [6.45, 7) is 5.29. The molecule has 0 amide bonds. The molecule has 0 aromatic carbocycles. The molecule has 0 saturated carbocycles. The number of aliphatic hydroxyl groups excluding tert-OH is 1. The van der Waals surface area contributed by atoms with Gasteiger partial charge < -0.3 is 14.8 Å². The van der Waals surface area contributed by atoms with Gasteiger partial charge in [0.1, 0.15) is 5.76 Å². The summed E-state index contributed by atoms with van der Waals surface area (Å²) in [6.07, 6.45) is 2.21. The summed E-state index contributed by atoms with van der Waals surface area (Å²) in [4.78, 5) is 0. The smallest absolute Gasteiger partial charge is 0.120 e. The Morgan fingerprint density at radius 2 is 2.38 bits per heavy atom. The molecule has 0 spiro atoms. The zero-order valence-electron chi connectivity index (χ0n) is 8.21. The number of hydrogen-bond donors (Lipinski definition) is 2. The molecule has 1 aromatic heterocycles. The lowest BCUT2D eigenvalue weighted by Crippen LogP contribution is -2.25. The molecule has 0 saturated heterocycles. The van der Waals surface area contributed by atoms with Crippen LogP contribution in [-0.4, -0.2) is 17.8 Å². The van der Waals surface area contributed by atoms with Crippen molar-refractivity contribution in [3.8, 4) is 0 Å². The molecule has 1 atom stereocenters. The van der Waals surface area contributed by atoms with Crippen LogP contribution >= 0.6 is 0 Å². The summed E-state index contributed by atoms with van der Waals surface area (Å²) in [6, 6.07) is 1.94. The van der Waals surface area contributed by atoms with E-state index in [4.69, 9.17) is 4.42 Å². The molecule has 1 heterocycles. The number of furan rings is 1. The minimum absolute atomic E-state index is 0.254.